The van der Waals surface area contributed by atoms with Gasteiger partial charge in [-0.15, -0.1) is 0 Å². The van der Waals surface area contributed by atoms with E-state index in [0.717, 1.165) is 32.1 Å². The largest absolute Gasteiger partial charge is 0.394 e. The highest BCUT2D eigenvalue weighted by atomic mass is 16.3. The molecule has 3 N–H and O–H groups in total. The minimum Gasteiger partial charge on any atom is -0.394 e. The van der Waals surface area contributed by atoms with Crippen LogP contribution in [0.25, 0.3) is 0 Å². The predicted octanol–water partition coefficient (Wildman–Crippen LogP) is 6.44. The zero-order valence-corrected chi connectivity index (χ0v) is 20.0. The molecule has 0 bridgehead atoms. The summed E-state index contributed by atoms with van der Waals surface area (Å²) < 4.78 is 0. The van der Waals surface area contributed by atoms with E-state index in [0.29, 0.717) is 6.42 Å². The molecular weight excluding hydrogens is 374 g/mol. The Morgan fingerprint density at radius 3 is 1.73 bits per heavy atom. The quantitative estimate of drug-likeness (QED) is 0.138. The first kappa shape index (κ1) is 29.1. The Morgan fingerprint density at radius 1 is 0.767 bits per heavy atom. The number of unbranched alkanes of at least 4 members (excludes halogenated alkanes) is 15. The predicted molar refractivity (Wildman–Crippen MR) is 129 cm³/mol. The molecule has 0 heterocycles. The number of amides is 1. The number of carbonyl (C=O) groups excluding carboxylic acids is 1. The summed E-state index contributed by atoms with van der Waals surface area (Å²) in [5, 5.41) is 22.5. The second-order valence-electron chi connectivity index (χ2n) is 8.76. The van der Waals surface area contributed by atoms with Gasteiger partial charge in [0.2, 0.25) is 5.91 Å². The van der Waals surface area contributed by atoms with Crippen LogP contribution in [0.5, 0.6) is 0 Å². The van der Waals surface area contributed by atoms with Gasteiger partial charge in [-0.3, -0.25) is 4.79 Å². The van der Waals surface area contributed by atoms with Crippen LogP contribution >= 0.6 is 0 Å². The summed E-state index contributed by atoms with van der Waals surface area (Å²) in [5.41, 5.74) is 0. The molecule has 0 saturated carbocycles. The number of hydrogen-bond acceptors (Lipinski definition) is 3. The van der Waals surface area contributed by atoms with Gasteiger partial charge in [-0.25, -0.2) is 0 Å². The molecule has 0 fully saturated rings. The zero-order valence-electron chi connectivity index (χ0n) is 20.0. The third-order valence-electron chi connectivity index (χ3n) is 5.77. The fraction of sp³-hybridized carbons (Fsp3) is 0.885. The van der Waals surface area contributed by atoms with Gasteiger partial charge in [0.1, 0.15) is 0 Å². The average Bonchev–Trinajstić information content (AvgIpc) is 2.75. The van der Waals surface area contributed by atoms with Gasteiger partial charge >= 0.3 is 0 Å². The smallest absolute Gasteiger partial charge is 0.220 e. The Bertz CT molecular complexity index is 398. The van der Waals surface area contributed by atoms with Crippen LogP contribution in [0.2, 0.25) is 0 Å². The number of carbonyl (C=O) groups is 1. The molecule has 2 unspecified atom stereocenters. The molecule has 4 nitrogen and oxygen atoms in total. The summed E-state index contributed by atoms with van der Waals surface area (Å²) in [6.07, 6.45) is 24.4. The SMILES string of the molecule is CCCCCCCCCCCCC/C=C/C(O)C(CO)NC(=O)CCCCCCC. The maximum atomic E-state index is 12.0. The fourth-order valence-corrected chi connectivity index (χ4v) is 3.70. The van der Waals surface area contributed by atoms with Crippen molar-refractivity contribution in [1.82, 2.24) is 5.32 Å². The molecule has 0 aromatic rings. The van der Waals surface area contributed by atoms with Crippen molar-refractivity contribution in [3.63, 3.8) is 0 Å². The molecule has 178 valence electrons. The monoisotopic (exact) mass is 425 g/mol. The van der Waals surface area contributed by atoms with Crippen LogP contribution in [-0.2, 0) is 4.79 Å². The second-order valence-corrected chi connectivity index (χ2v) is 8.76. The summed E-state index contributed by atoms with van der Waals surface area (Å²) in [6, 6.07) is -0.610. The highest BCUT2D eigenvalue weighted by Gasteiger charge is 2.17. The summed E-state index contributed by atoms with van der Waals surface area (Å²) in [6.45, 7) is 4.19. The highest BCUT2D eigenvalue weighted by molar-refractivity contribution is 5.76. The summed E-state index contributed by atoms with van der Waals surface area (Å²) >= 11 is 0. The van der Waals surface area contributed by atoms with Gasteiger partial charge < -0.3 is 15.5 Å². The van der Waals surface area contributed by atoms with Crippen LogP contribution in [0, 0.1) is 0 Å². The molecule has 0 aliphatic rings. The highest BCUT2D eigenvalue weighted by Crippen LogP contribution is 2.12. The molecule has 0 aliphatic heterocycles. The van der Waals surface area contributed by atoms with E-state index in [2.05, 4.69) is 19.2 Å². The molecule has 0 spiro atoms. The van der Waals surface area contributed by atoms with Gasteiger partial charge in [-0.2, -0.15) is 0 Å². The van der Waals surface area contributed by atoms with E-state index in [1.165, 1.54) is 77.0 Å². The molecule has 0 rings (SSSR count). The molecule has 0 radical (unpaired) electrons. The summed E-state index contributed by atoms with van der Waals surface area (Å²) in [4.78, 5) is 12.0. The number of aliphatic hydroxyl groups excluding tert-OH is 2. The van der Waals surface area contributed by atoms with Gasteiger partial charge in [-0.05, 0) is 19.3 Å². The minimum atomic E-state index is -0.827. The van der Waals surface area contributed by atoms with Gasteiger partial charge in [-0.1, -0.05) is 116 Å². The second kappa shape index (κ2) is 22.8. The minimum absolute atomic E-state index is 0.0802. The first-order valence-electron chi connectivity index (χ1n) is 12.9. The van der Waals surface area contributed by atoms with Crippen molar-refractivity contribution in [2.75, 3.05) is 6.61 Å². The third-order valence-corrected chi connectivity index (χ3v) is 5.77. The van der Waals surface area contributed by atoms with Crippen molar-refractivity contribution in [1.29, 1.82) is 0 Å². The molecule has 0 aliphatic carbocycles. The normalized spacial score (nSPS) is 13.6. The Labute approximate surface area is 186 Å². The maximum Gasteiger partial charge on any atom is 0.220 e. The Morgan fingerprint density at radius 2 is 1.23 bits per heavy atom. The van der Waals surface area contributed by atoms with Crippen LogP contribution in [0.4, 0.5) is 0 Å². The topological polar surface area (TPSA) is 69.6 Å². The lowest BCUT2D eigenvalue weighted by atomic mass is 10.0. The van der Waals surface area contributed by atoms with Crippen molar-refractivity contribution in [3.05, 3.63) is 12.2 Å². The molecule has 0 aromatic heterocycles. The van der Waals surface area contributed by atoms with Crippen molar-refractivity contribution >= 4 is 5.91 Å². The van der Waals surface area contributed by atoms with Crippen molar-refractivity contribution in [2.24, 2.45) is 0 Å². The molecule has 0 aromatic carbocycles. The summed E-state index contributed by atoms with van der Waals surface area (Å²) in [7, 11) is 0. The van der Waals surface area contributed by atoms with Crippen molar-refractivity contribution < 1.29 is 15.0 Å². The molecule has 2 atom stereocenters. The Balaban J connectivity index is 3.69. The van der Waals surface area contributed by atoms with E-state index in [1.807, 2.05) is 6.08 Å². The molecular formula is C26H51NO3. The van der Waals surface area contributed by atoms with Gasteiger partial charge in [0.05, 0.1) is 18.8 Å². The van der Waals surface area contributed by atoms with Crippen LogP contribution < -0.4 is 5.32 Å². The first-order valence-corrected chi connectivity index (χ1v) is 12.9. The van der Waals surface area contributed by atoms with E-state index in [4.69, 9.17) is 0 Å². The first-order chi connectivity index (χ1) is 14.7. The van der Waals surface area contributed by atoms with E-state index in [-0.39, 0.29) is 12.5 Å². The summed E-state index contributed by atoms with van der Waals surface area (Å²) in [5.74, 6) is -0.0802. The number of hydrogen-bond donors (Lipinski definition) is 3. The fourth-order valence-electron chi connectivity index (χ4n) is 3.70. The average molecular weight is 426 g/mol. The van der Waals surface area contributed by atoms with E-state index < -0.39 is 12.1 Å². The van der Waals surface area contributed by atoms with Crippen molar-refractivity contribution in [3.8, 4) is 0 Å². The van der Waals surface area contributed by atoms with Crippen LogP contribution in [0.15, 0.2) is 12.2 Å². The van der Waals surface area contributed by atoms with E-state index in [1.54, 1.807) is 6.08 Å². The molecule has 0 saturated heterocycles. The van der Waals surface area contributed by atoms with Crippen LogP contribution in [0.3, 0.4) is 0 Å². The van der Waals surface area contributed by atoms with Crippen LogP contribution in [0.1, 0.15) is 129 Å². The van der Waals surface area contributed by atoms with Gasteiger partial charge in [0.25, 0.3) is 0 Å². The van der Waals surface area contributed by atoms with Crippen molar-refractivity contribution in [2.45, 2.75) is 142 Å². The van der Waals surface area contributed by atoms with Gasteiger partial charge in [0.15, 0.2) is 0 Å². The molecule has 1 amide bonds. The molecule has 4 heteroatoms. The number of allylic oxidation sites excluding steroid dienone is 1. The van der Waals surface area contributed by atoms with Gasteiger partial charge in [0, 0.05) is 6.42 Å². The lowest BCUT2D eigenvalue weighted by Crippen LogP contribution is -2.45. The third kappa shape index (κ3) is 19.1. The number of aliphatic hydroxyl groups is 2. The zero-order chi connectivity index (χ0) is 22.3. The molecule has 30 heavy (non-hydrogen) atoms. The standard InChI is InChI=1S/C26H51NO3/c1-3-5-7-9-10-11-12-13-14-15-16-18-19-21-25(29)24(23-28)27-26(30)22-20-17-8-6-4-2/h19,21,24-25,28-29H,3-18,20,22-23H2,1-2H3,(H,27,30)/b21-19+. The van der Waals surface area contributed by atoms with Crippen LogP contribution in [-0.4, -0.2) is 34.9 Å². The maximum absolute atomic E-state index is 12.0. The number of nitrogens with one attached hydrogen (secondary N) is 1. The Hall–Kier alpha value is -0.870. The lowest BCUT2D eigenvalue weighted by Gasteiger charge is -2.20. The lowest BCUT2D eigenvalue weighted by molar-refractivity contribution is -0.123. The van der Waals surface area contributed by atoms with E-state index in [9.17, 15) is 15.0 Å². The number of rotatable bonds is 22. The van der Waals surface area contributed by atoms with E-state index >= 15 is 0 Å². The Kier molecular flexibility index (Phi) is 22.1.